The zero-order chi connectivity index (χ0) is 19.4. The topological polar surface area (TPSA) is 86.7 Å². The van der Waals surface area contributed by atoms with Crippen LogP contribution in [0, 0.1) is 11.7 Å². The summed E-state index contributed by atoms with van der Waals surface area (Å²) in [6.45, 7) is 0.252. The number of nitrogens with zero attached hydrogens (tertiary/aromatic N) is 1. The summed E-state index contributed by atoms with van der Waals surface area (Å²) in [4.78, 5) is 37.9. The number of rotatable bonds is 6. The van der Waals surface area contributed by atoms with Crippen LogP contribution in [-0.4, -0.2) is 36.0 Å². The lowest BCUT2D eigenvalue weighted by Crippen LogP contribution is -2.39. The Hall–Kier alpha value is -3.22. The van der Waals surface area contributed by atoms with Gasteiger partial charge in [0.1, 0.15) is 11.7 Å². The van der Waals surface area contributed by atoms with Gasteiger partial charge in [0, 0.05) is 18.8 Å². The quantitative estimate of drug-likeness (QED) is 0.763. The van der Waals surface area contributed by atoms with Crippen LogP contribution in [-0.2, 0) is 14.4 Å². The molecule has 2 aromatic rings. The van der Waals surface area contributed by atoms with Crippen molar-refractivity contribution < 1.29 is 23.9 Å². The number of aliphatic carboxylic acids is 1. The van der Waals surface area contributed by atoms with Crippen LogP contribution >= 0.6 is 0 Å². The van der Waals surface area contributed by atoms with Crippen molar-refractivity contribution >= 4 is 23.5 Å². The fraction of sp³-hybridized carbons (Fsp3) is 0.250. The van der Waals surface area contributed by atoms with Crippen molar-refractivity contribution in [1.82, 2.24) is 5.32 Å². The average Bonchev–Trinajstić information content (AvgIpc) is 3.04. The van der Waals surface area contributed by atoms with Gasteiger partial charge in [-0.2, -0.15) is 0 Å². The number of hydrogen-bond acceptors (Lipinski definition) is 3. The Morgan fingerprint density at radius 2 is 1.81 bits per heavy atom. The van der Waals surface area contributed by atoms with Gasteiger partial charge in [0.15, 0.2) is 0 Å². The highest BCUT2D eigenvalue weighted by Gasteiger charge is 2.38. The first-order valence-electron chi connectivity index (χ1n) is 8.60. The predicted molar refractivity (Wildman–Crippen MR) is 96.7 cm³/mol. The van der Waals surface area contributed by atoms with Gasteiger partial charge in [-0.3, -0.25) is 14.4 Å². The summed E-state index contributed by atoms with van der Waals surface area (Å²) < 4.78 is 13.0. The van der Waals surface area contributed by atoms with E-state index in [-0.39, 0.29) is 12.5 Å². The van der Waals surface area contributed by atoms with Gasteiger partial charge in [-0.15, -0.1) is 0 Å². The third kappa shape index (κ3) is 4.13. The SMILES string of the molecule is O=C(NCC(C(=O)O)c1ccccc1)C1CCN(c2ccc(F)cc2)C1=O. The third-order valence-electron chi connectivity index (χ3n) is 4.64. The molecule has 27 heavy (non-hydrogen) atoms. The van der Waals surface area contributed by atoms with Gasteiger partial charge < -0.3 is 15.3 Å². The summed E-state index contributed by atoms with van der Waals surface area (Å²) in [5.41, 5.74) is 1.11. The minimum absolute atomic E-state index is 0.0987. The lowest BCUT2D eigenvalue weighted by Gasteiger charge is -2.18. The molecule has 2 N–H and O–H groups in total. The number of anilines is 1. The van der Waals surface area contributed by atoms with Crippen molar-refractivity contribution in [2.45, 2.75) is 12.3 Å². The zero-order valence-electron chi connectivity index (χ0n) is 14.5. The van der Waals surface area contributed by atoms with Crippen LogP contribution < -0.4 is 10.2 Å². The number of hydrogen-bond donors (Lipinski definition) is 2. The van der Waals surface area contributed by atoms with Gasteiger partial charge in [0.05, 0.1) is 5.92 Å². The molecule has 140 valence electrons. The molecule has 7 heteroatoms. The van der Waals surface area contributed by atoms with Crippen LogP contribution in [0.5, 0.6) is 0 Å². The van der Waals surface area contributed by atoms with E-state index in [1.54, 1.807) is 30.3 Å². The predicted octanol–water partition coefficient (Wildman–Crippen LogP) is 2.16. The highest BCUT2D eigenvalue weighted by molar-refractivity contribution is 6.09. The second kappa shape index (κ2) is 7.99. The van der Waals surface area contributed by atoms with Crippen molar-refractivity contribution in [2.24, 2.45) is 5.92 Å². The summed E-state index contributed by atoms with van der Waals surface area (Å²) in [7, 11) is 0. The summed E-state index contributed by atoms with van der Waals surface area (Å²) in [5.74, 6) is -4.08. The van der Waals surface area contributed by atoms with E-state index >= 15 is 0 Å². The molecule has 6 nitrogen and oxygen atoms in total. The van der Waals surface area contributed by atoms with Gasteiger partial charge in [-0.25, -0.2) is 4.39 Å². The van der Waals surface area contributed by atoms with Crippen LogP contribution in [0.3, 0.4) is 0 Å². The normalized spacial score (nSPS) is 17.6. The minimum atomic E-state index is -1.05. The maximum absolute atomic E-state index is 13.0. The van der Waals surface area contributed by atoms with Gasteiger partial charge in [-0.05, 0) is 36.2 Å². The lowest BCUT2D eigenvalue weighted by molar-refractivity contribution is -0.138. The van der Waals surface area contributed by atoms with E-state index in [4.69, 9.17) is 0 Å². The molecule has 1 fully saturated rings. The molecule has 0 saturated carbocycles. The molecule has 0 aliphatic carbocycles. The Balaban J connectivity index is 1.63. The van der Waals surface area contributed by atoms with E-state index in [0.29, 0.717) is 24.2 Å². The molecule has 2 unspecified atom stereocenters. The van der Waals surface area contributed by atoms with Gasteiger partial charge in [0.2, 0.25) is 11.8 Å². The number of carbonyl (C=O) groups excluding carboxylic acids is 2. The first-order valence-corrected chi connectivity index (χ1v) is 8.60. The smallest absolute Gasteiger partial charge is 0.312 e. The zero-order valence-corrected chi connectivity index (χ0v) is 14.5. The maximum Gasteiger partial charge on any atom is 0.312 e. The van der Waals surface area contributed by atoms with E-state index in [2.05, 4.69) is 5.32 Å². The number of halogens is 1. The molecule has 1 aliphatic rings. The largest absolute Gasteiger partial charge is 0.481 e. The fourth-order valence-electron chi connectivity index (χ4n) is 3.16. The van der Waals surface area contributed by atoms with E-state index in [1.807, 2.05) is 0 Å². The van der Waals surface area contributed by atoms with Crippen LogP contribution in [0.1, 0.15) is 17.9 Å². The second-order valence-electron chi connectivity index (χ2n) is 6.35. The van der Waals surface area contributed by atoms with E-state index in [9.17, 15) is 23.9 Å². The van der Waals surface area contributed by atoms with Crippen molar-refractivity contribution in [3.05, 3.63) is 66.0 Å². The van der Waals surface area contributed by atoms with Gasteiger partial charge in [-0.1, -0.05) is 30.3 Å². The van der Waals surface area contributed by atoms with Crippen LogP contribution in [0.2, 0.25) is 0 Å². The molecule has 2 amide bonds. The molecule has 0 radical (unpaired) electrons. The molecule has 1 saturated heterocycles. The molecule has 1 heterocycles. The van der Waals surface area contributed by atoms with Crippen LogP contribution in [0.4, 0.5) is 10.1 Å². The van der Waals surface area contributed by atoms with Gasteiger partial charge >= 0.3 is 5.97 Å². The van der Waals surface area contributed by atoms with E-state index < -0.39 is 29.5 Å². The molecular formula is C20H19FN2O4. The molecule has 1 aliphatic heterocycles. The van der Waals surface area contributed by atoms with E-state index in [1.165, 1.54) is 29.2 Å². The summed E-state index contributed by atoms with van der Waals surface area (Å²) in [6.07, 6.45) is 0.325. The summed E-state index contributed by atoms with van der Waals surface area (Å²) in [6, 6.07) is 14.1. The number of carbonyl (C=O) groups is 3. The Bertz CT molecular complexity index is 839. The summed E-state index contributed by atoms with van der Waals surface area (Å²) in [5, 5.41) is 12.0. The molecule has 0 aromatic heterocycles. The number of nitrogens with one attached hydrogen (secondary N) is 1. The Labute approximate surface area is 155 Å². The molecule has 3 rings (SSSR count). The Morgan fingerprint density at radius 3 is 2.44 bits per heavy atom. The van der Waals surface area contributed by atoms with E-state index in [0.717, 1.165) is 0 Å². The van der Waals surface area contributed by atoms with Crippen LogP contribution in [0.15, 0.2) is 54.6 Å². The number of amides is 2. The molecule has 0 spiro atoms. The number of carboxylic acid groups (broad SMARTS) is 1. The average molecular weight is 370 g/mol. The fourth-order valence-corrected chi connectivity index (χ4v) is 3.16. The third-order valence-corrected chi connectivity index (χ3v) is 4.64. The molecule has 2 aromatic carbocycles. The van der Waals surface area contributed by atoms with Crippen molar-refractivity contribution in [3.63, 3.8) is 0 Å². The minimum Gasteiger partial charge on any atom is -0.481 e. The molecule has 2 atom stereocenters. The molecular weight excluding hydrogens is 351 g/mol. The highest BCUT2D eigenvalue weighted by atomic mass is 19.1. The van der Waals surface area contributed by atoms with Crippen molar-refractivity contribution in [2.75, 3.05) is 18.0 Å². The van der Waals surface area contributed by atoms with Gasteiger partial charge in [0.25, 0.3) is 0 Å². The summed E-state index contributed by atoms with van der Waals surface area (Å²) >= 11 is 0. The monoisotopic (exact) mass is 370 g/mol. The Morgan fingerprint density at radius 1 is 1.15 bits per heavy atom. The molecule has 0 bridgehead atoms. The lowest BCUT2D eigenvalue weighted by atomic mass is 9.99. The standard InChI is InChI=1S/C20H19FN2O4/c21-14-6-8-15(9-7-14)23-11-10-16(19(23)25)18(24)22-12-17(20(26)27)13-4-2-1-3-5-13/h1-9,16-17H,10-12H2,(H,22,24)(H,26,27). The Kier molecular flexibility index (Phi) is 5.49. The highest BCUT2D eigenvalue weighted by Crippen LogP contribution is 2.26. The van der Waals surface area contributed by atoms with Crippen molar-refractivity contribution in [1.29, 1.82) is 0 Å². The maximum atomic E-state index is 13.0. The first-order chi connectivity index (χ1) is 13.0. The van der Waals surface area contributed by atoms with Crippen LogP contribution in [0.25, 0.3) is 0 Å². The first kappa shape index (κ1) is 18.6. The second-order valence-corrected chi connectivity index (χ2v) is 6.35. The number of carboxylic acids is 1. The van der Waals surface area contributed by atoms with Crippen molar-refractivity contribution in [3.8, 4) is 0 Å². The number of benzene rings is 2.